The molecule has 0 saturated carbocycles. The molecule has 4 aromatic carbocycles. The van der Waals surface area contributed by atoms with Crippen LogP contribution in [-0.2, 0) is 6.42 Å². The standard InChI is InChI=1S/C33H33NOSi/c1-21(2)17-22-18-26-25-13-9-10-14-30(25)35-33(26)27(19-22)29-20-31(36(4,5)6)32-24-12-8-7-11-23(24)15-16-28(32)34(29)3/h7-16,18-21H,3,17H2,1-2,4-6H3. The van der Waals surface area contributed by atoms with Crippen LogP contribution in [0.3, 0.4) is 0 Å². The Bertz CT molecular complexity index is 1700. The number of rotatable bonds is 4. The maximum absolute atomic E-state index is 6.53. The lowest BCUT2D eigenvalue weighted by atomic mass is 9.91. The third-order valence-electron chi connectivity index (χ3n) is 7.30. The Hall–Kier alpha value is -3.56. The largest absolute Gasteiger partial charge is 0.286 e. The SMILES string of the molecule is C=[N+]1c2ccc3ccccc3c2C([Si](C)(C)C)=C[C-]1c1cc(CC(C)C)cc2c1[o+][c-]1ccccc21. The molecule has 0 aliphatic carbocycles. The summed E-state index contributed by atoms with van der Waals surface area (Å²) in [5.41, 5.74) is 6.86. The minimum absolute atomic E-state index is 0.570. The maximum atomic E-state index is 6.53. The van der Waals surface area contributed by atoms with E-state index in [2.05, 4.69) is 118 Å². The number of nitrogens with zero attached hydrogens (tertiary/aromatic N) is 1. The van der Waals surface area contributed by atoms with Crippen LogP contribution in [0.25, 0.3) is 37.9 Å². The van der Waals surface area contributed by atoms with Gasteiger partial charge in [0, 0.05) is 8.07 Å². The minimum Gasteiger partial charge on any atom is -0.286 e. The van der Waals surface area contributed by atoms with Crippen LogP contribution in [0.15, 0.2) is 83.3 Å². The molecule has 2 nitrogen and oxygen atoms in total. The first-order valence-electron chi connectivity index (χ1n) is 12.9. The van der Waals surface area contributed by atoms with Gasteiger partial charge in [0.1, 0.15) is 0 Å². The van der Waals surface area contributed by atoms with Gasteiger partial charge in [0.25, 0.3) is 11.2 Å². The van der Waals surface area contributed by atoms with Crippen molar-refractivity contribution in [3.63, 3.8) is 0 Å². The highest BCUT2D eigenvalue weighted by Crippen LogP contribution is 2.47. The molecule has 36 heavy (non-hydrogen) atoms. The van der Waals surface area contributed by atoms with Gasteiger partial charge in [0.15, 0.2) is 11.7 Å². The molecule has 0 fully saturated rings. The number of benzene rings is 4. The van der Waals surface area contributed by atoms with E-state index in [1.165, 1.54) is 43.6 Å². The number of hydrogen-bond donors (Lipinski definition) is 0. The Kier molecular flexibility index (Phi) is 5.24. The third-order valence-corrected chi connectivity index (χ3v) is 9.32. The summed E-state index contributed by atoms with van der Waals surface area (Å²) >= 11 is 0. The lowest BCUT2D eigenvalue weighted by Gasteiger charge is -2.33. The van der Waals surface area contributed by atoms with E-state index in [1.54, 1.807) is 0 Å². The summed E-state index contributed by atoms with van der Waals surface area (Å²) in [5.74, 6) is 0.570. The van der Waals surface area contributed by atoms with Gasteiger partial charge in [0.05, 0.1) is 12.3 Å². The van der Waals surface area contributed by atoms with Crippen molar-refractivity contribution >= 4 is 58.4 Å². The van der Waals surface area contributed by atoms with Crippen LogP contribution >= 0.6 is 0 Å². The lowest BCUT2D eigenvalue weighted by Crippen LogP contribution is -2.29. The summed E-state index contributed by atoms with van der Waals surface area (Å²) in [6, 6.07) is 27.3. The van der Waals surface area contributed by atoms with E-state index < -0.39 is 8.07 Å². The van der Waals surface area contributed by atoms with Crippen LogP contribution in [-0.4, -0.2) is 19.4 Å². The van der Waals surface area contributed by atoms with Crippen LogP contribution in [0.4, 0.5) is 5.69 Å². The second-order valence-corrected chi connectivity index (χ2v) is 16.6. The van der Waals surface area contributed by atoms with Gasteiger partial charge >= 0.3 is 0 Å². The molecule has 0 spiro atoms. The zero-order chi connectivity index (χ0) is 25.2. The Balaban J connectivity index is 1.66. The quantitative estimate of drug-likeness (QED) is 0.107. The molecule has 180 valence electrons. The zero-order valence-corrected chi connectivity index (χ0v) is 22.9. The minimum atomic E-state index is -1.71. The van der Waals surface area contributed by atoms with E-state index >= 15 is 0 Å². The first kappa shape index (κ1) is 22.9. The molecule has 1 aromatic heterocycles. The number of furan rings is 1. The highest BCUT2D eigenvalue weighted by molar-refractivity contribution is 6.94. The first-order valence-corrected chi connectivity index (χ1v) is 16.4. The fourth-order valence-electron chi connectivity index (χ4n) is 5.67. The van der Waals surface area contributed by atoms with E-state index in [1.807, 2.05) is 6.07 Å². The Morgan fingerprint density at radius 1 is 0.944 bits per heavy atom. The van der Waals surface area contributed by atoms with Crippen molar-refractivity contribution in [1.29, 1.82) is 0 Å². The number of fused-ring (bicyclic) bond motifs is 6. The molecule has 0 unspecified atom stereocenters. The van der Waals surface area contributed by atoms with Gasteiger partial charge in [-0.1, -0.05) is 86.7 Å². The van der Waals surface area contributed by atoms with Gasteiger partial charge < -0.3 is 0 Å². The van der Waals surface area contributed by atoms with Crippen LogP contribution in [0.2, 0.25) is 19.6 Å². The second kappa shape index (κ2) is 8.24. The van der Waals surface area contributed by atoms with Crippen LogP contribution in [0.5, 0.6) is 0 Å². The maximum Gasteiger partial charge on any atom is 0.278 e. The molecular formula is C33H33NOSi. The van der Waals surface area contributed by atoms with Crippen molar-refractivity contribution in [1.82, 2.24) is 0 Å². The van der Waals surface area contributed by atoms with Crippen molar-refractivity contribution in [2.75, 3.05) is 0 Å². The molecule has 0 atom stereocenters. The van der Waals surface area contributed by atoms with Crippen molar-refractivity contribution in [3.8, 4) is 0 Å². The summed E-state index contributed by atoms with van der Waals surface area (Å²) < 4.78 is 8.66. The molecule has 3 heteroatoms. The normalized spacial score (nSPS) is 14.2. The Morgan fingerprint density at radius 2 is 1.72 bits per heavy atom. The monoisotopic (exact) mass is 487 g/mol. The van der Waals surface area contributed by atoms with Gasteiger partial charge in [-0.15, -0.1) is 18.2 Å². The summed E-state index contributed by atoms with van der Waals surface area (Å²) in [6.45, 7) is 16.5. The molecule has 0 radical (unpaired) electrons. The first-order chi connectivity index (χ1) is 17.2. The summed E-state index contributed by atoms with van der Waals surface area (Å²) in [7, 11) is -1.71. The molecule has 1 aliphatic heterocycles. The fourth-order valence-corrected chi connectivity index (χ4v) is 7.25. The van der Waals surface area contributed by atoms with Gasteiger partial charge in [-0.3, -0.25) is 4.42 Å². The van der Waals surface area contributed by atoms with Gasteiger partial charge in [-0.05, 0) is 57.7 Å². The topological polar surface area (TPSA) is 14.3 Å². The van der Waals surface area contributed by atoms with Crippen molar-refractivity contribution in [2.45, 2.75) is 39.9 Å². The molecule has 0 amide bonds. The molecule has 6 rings (SSSR count). The molecular weight excluding hydrogens is 454 g/mol. The van der Waals surface area contributed by atoms with Gasteiger partial charge in [-0.25, -0.2) is 4.58 Å². The highest BCUT2D eigenvalue weighted by Gasteiger charge is 2.35. The second-order valence-electron chi connectivity index (χ2n) is 11.5. The van der Waals surface area contributed by atoms with Crippen molar-refractivity contribution in [3.05, 3.63) is 102 Å². The van der Waals surface area contributed by atoms with E-state index in [4.69, 9.17) is 4.42 Å². The predicted octanol–water partition coefficient (Wildman–Crippen LogP) is 9.14. The van der Waals surface area contributed by atoms with Gasteiger partial charge in [-0.2, -0.15) is 0 Å². The highest BCUT2D eigenvalue weighted by atomic mass is 28.3. The average Bonchev–Trinajstić information content (AvgIpc) is 3.21. The smallest absolute Gasteiger partial charge is 0.278 e. The summed E-state index contributed by atoms with van der Waals surface area (Å²) in [5, 5.41) is 6.40. The zero-order valence-electron chi connectivity index (χ0n) is 21.9. The summed E-state index contributed by atoms with van der Waals surface area (Å²) in [6.07, 6.45) is 3.44. The van der Waals surface area contributed by atoms with Crippen LogP contribution in [0.1, 0.15) is 30.5 Å². The van der Waals surface area contributed by atoms with Crippen LogP contribution in [0, 0.1) is 12.0 Å². The third kappa shape index (κ3) is 3.61. The average molecular weight is 488 g/mol. The molecule has 0 saturated heterocycles. The van der Waals surface area contributed by atoms with Gasteiger partial charge in [0.2, 0.25) is 0 Å². The molecule has 0 N–H and O–H groups in total. The molecule has 2 heterocycles. The molecule has 1 aliphatic rings. The van der Waals surface area contributed by atoms with E-state index in [0.29, 0.717) is 5.92 Å². The summed E-state index contributed by atoms with van der Waals surface area (Å²) in [4.78, 5) is 0. The number of para-hydroxylation sites is 1. The fraction of sp³-hybridized carbons (Fsp3) is 0.212. The van der Waals surface area contributed by atoms with Crippen LogP contribution < -0.4 is 0 Å². The van der Waals surface area contributed by atoms with E-state index in [0.717, 1.165) is 29.2 Å². The molecule has 5 aromatic rings. The van der Waals surface area contributed by atoms with E-state index in [9.17, 15) is 0 Å². The Morgan fingerprint density at radius 3 is 2.50 bits per heavy atom. The predicted molar refractivity (Wildman–Crippen MR) is 157 cm³/mol. The van der Waals surface area contributed by atoms with Crippen molar-refractivity contribution in [2.24, 2.45) is 5.92 Å². The lowest BCUT2D eigenvalue weighted by molar-refractivity contribution is -0.400. The molecule has 0 bridgehead atoms. The number of hydrogen-bond acceptors (Lipinski definition) is 0. The Labute approximate surface area is 214 Å². The van der Waals surface area contributed by atoms with Crippen molar-refractivity contribution < 1.29 is 8.99 Å². The van der Waals surface area contributed by atoms with E-state index in [-0.39, 0.29) is 0 Å².